The van der Waals surface area contributed by atoms with Crippen LogP contribution in [0.4, 0.5) is 0 Å². The van der Waals surface area contributed by atoms with Crippen molar-refractivity contribution in [2.75, 3.05) is 13.6 Å². The summed E-state index contributed by atoms with van der Waals surface area (Å²) in [6.45, 7) is 3.37. The summed E-state index contributed by atoms with van der Waals surface area (Å²) in [6.07, 6.45) is 2.43. The third kappa shape index (κ3) is 3.41. The lowest BCUT2D eigenvalue weighted by Gasteiger charge is -2.12. The highest BCUT2D eigenvalue weighted by molar-refractivity contribution is 9.10. The monoisotopic (exact) mass is 261 g/mol. The zero-order valence-corrected chi connectivity index (χ0v) is 10.5. The third-order valence-corrected chi connectivity index (χ3v) is 4.18. The van der Waals surface area contributed by atoms with Gasteiger partial charge in [-0.15, -0.1) is 11.3 Å². The van der Waals surface area contributed by atoms with Crippen molar-refractivity contribution >= 4 is 27.3 Å². The van der Waals surface area contributed by atoms with Crippen molar-refractivity contribution in [3.8, 4) is 0 Å². The van der Waals surface area contributed by atoms with Crippen LogP contribution in [0.1, 0.15) is 18.2 Å². The summed E-state index contributed by atoms with van der Waals surface area (Å²) in [6, 6.07) is 2.13. The molecule has 1 aromatic heterocycles. The van der Waals surface area contributed by atoms with Crippen molar-refractivity contribution in [1.82, 2.24) is 5.32 Å². The summed E-state index contributed by atoms with van der Waals surface area (Å²) >= 11 is 5.41. The van der Waals surface area contributed by atoms with E-state index in [0.717, 1.165) is 12.5 Å². The fourth-order valence-electron chi connectivity index (χ4n) is 1.38. The average Bonchev–Trinajstić information content (AvgIpc) is 2.51. The molecule has 0 aliphatic rings. The maximum atomic E-state index is 3.57. The molecule has 0 saturated carbocycles. The van der Waals surface area contributed by atoms with E-state index in [4.69, 9.17) is 0 Å². The Morgan fingerprint density at radius 1 is 1.62 bits per heavy atom. The Labute approximate surface area is 92.7 Å². The molecule has 3 heteroatoms. The predicted molar refractivity (Wildman–Crippen MR) is 63.4 cm³/mol. The molecule has 1 aromatic rings. The Kier molecular flexibility index (Phi) is 4.99. The van der Waals surface area contributed by atoms with Crippen LogP contribution < -0.4 is 5.32 Å². The molecule has 1 N–H and O–H groups in total. The van der Waals surface area contributed by atoms with E-state index in [-0.39, 0.29) is 0 Å². The minimum atomic E-state index is 0.764. The standard InChI is InChI=1S/C10H16BrNS/c1-3-8(7-12-2)6-10-9(11)4-5-13-10/h4-5,8,12H,3,6-7H2,1-2H3. The van der Waals surface area contributed by atoms with Crippen LogP contribution in [-0.4, -0.2) is 13.6 Å². The van der Waals surface area contributed by atoms with Gasteiger partial charge < -0.3 is 5.32 Å². The minimum Gasteiger partial charge on any atom is -0.319 e. The highest BCUT2D eigenvalue weighted by Gasteiger charge is 2.09. The average molecular weight is 262 g/mol. The Morgan fingerprint density at radius 3 is 2.85 bits per heavy atom. The van der Waals surface area contributed by atoms with Gasteiger partial charge in [0.25, 0.3) is 0 Å². The fourth-order valence-corrected chi connectivity index (χ4v) is 3.01. The van der Waals surface area contributed by atoms with E-state index in [1.54, 1.807) is 0 Å². The molecular weight excluding hydrogens is 246 g/mol. The number of rotatable bonds is 5. The molecule has 13 heavy (non-hydrogen) atoms. The third-order valence-electron chi connectivity index (χ3n) is 2.24. The second-order valence-corrected chi connectivity index (χ2v) is 5.08. The second-order valence-electron chi connectivity index (χ2n) is 3.23. The smallest absolute Gasteiger partial charge is 0.0314 e. The highest BCUT2D eigenvalue weighted by atomic mass is 79.9. The van der Waals surface area contributed by atoms with Gasteiger partial charge in [0.05, 0.1) is 0 Å². The normalized spacial score (nSPS) is 13.2. The topological polar surface area (TPSA) is 12.0 Å². The van der Waals surface area contributed by atoms with Crippen LogP contribution in [0, 0.1) is 5.92 Å². The zero-order valence-electron chi connectivity index (χ0n) is 8.14. The van der Waals surface area contributed by atoms with Crippen LogP contribution in [0.2, 0.25) is 0 Å². The van der Waals surface area contributed by atoms with Crippen molar-refractivity contribution in [3.05, 3.63) is 20.8 Å². The van der Waals surface area contributed by atoms with Crippen molar-refractivity contribution < 1.29 is 0 Å². The van der Waals surface area contributed by atoms with Gasteiger partial charge in [0, 0.05) is 9.35 Å². The Bertz CT molecular complexity index is 247. The van der Waals surface area contributed by atoms with Gasteiger partial charge >= 0.3 is 0 Å². The molecule has 1 rings (SSSR count). The van der Waals surface area contributed by atoms with E-state index in [0.29, 0.717) is 0 Å². The van der Waals surface area contributed by atoms with Gasteiger partial charge in [-0.3, -0.25) is 0 Å². The molecular formula is C10H16BrNS. The van der Waals surface area contributed by atoms with Gasteiger partial charge in [-0.05, 0) is 53.3 Å². The van der Waals surface area contributed by atoms with Gasteiger partial charge in [0.2, 0.25) is 0 Å². The summed E-state index contributed by atoms with van der Waals surface area (Å²) < 4.78 is 1.27. The molecule has 1 nitrogen and oxygen atoms in total. The highest BCUT2D eigenvalue weighted by Crippen LogP contribution is 2.26. The van der Waals surface area contributed by atoms with Gasteiger partial charge in [-0.2, -0.15) is 0 Å². The summed E-state index contributed by atoms with van der Waals surface area (Å²) in [5.41, 5.74) is 0. The molecule has 1 unspecified atom stereocenters. The van der Waals surface area contributed by atoms with Crippen molar-refractivity contribution in [2.24, 2.45) is 5.92 Å². The summed E-state index contributed by atoms with van der Waals surface area (Å²) in [5, 5.41) is 5.38. The molecule has 0 aliphatic heterocycles. The number of nitrogens with one attached hydrogen (secondary N) is 1. The van der Waals surface area contributed by atoms with Gasteiger partial charge in [0.1, 0.15) is 0 Å². The largest absolute Gasteiger partial charge is 0.319 e. The van der Waals surface area contributed by atoms with Crippen LogP contribution in [0.15, 0.2) is 15.9 Å². The van der Waals surface area contributed by atoms with Gasteiger partial charge in [0.15, 0.2) is 0 Å². The van der Waals surface area contributed by atoms with E-state index >= 15 is 0 Å². The van der Waals surface area contributed by atoms with Crippen LogP contribution in [-0.2, 0) is 6.42 Å². The van der Waals surface area contributed by atoms with Crippen LogP contribution in [0.25, 0.3) is 0 Å². The zero-order chi connectivity index (χ0) is 9.68. The molecule has 0 saturated heterocycles. The Hall–Kier alpha value is 0.140. The van der Waals surface area contributed by atoms with Crippen molar-refractivity contribution in [3.63, 3.8) is 0 Å². The molecule has 1 heterocycles. The maximum Gasteiger partial charge on any atom is 0.0314 e. The summed E-state index contributed by atoms with van der Waals surface area (Å²) in [5.74, 6) is 0.764. The van der Waals surface area contributed by atoms with Crippen molar-refractivity contribution in [1.29, 1.82) is 0 Å². The van der Waals surface area contributed by atoms with E-state index in [1.165, 1.54) is 22.2 Å². The molecule has 74 valence electrons. The first kappa shape index (κ1) is 11.2. The first-order chi connectivity index (χ1) is 6.27. The SMILES string of the molecule is CCC(CNC)Cc1sccc1Br. The van der Waals surface area contributed by atoms with E-state index < -0.39 is 0 Å². The quantitative estimate of drug-likeness (QED) is 0.858. The Balaban J connectivity index is 2.51. The predicted octanol–water partition coefficient (Wildman–Crippen LogP) is 3.30. The lowest BCUT2D eigenvalue weighted by molar-refractivity contribution is 0.484. The molecule has 0 radical (unpaired) electrons. The van der Waals surface area contributed by atoms with Crippen molar-refractivity contribution in [2.45, 2.75) is 19.8 Å². The van der Waals surface area contributed by atoms with Crippen LogP contribution >= 0.6 is 27.3 Å². The van der Waals surface area contributed by atoms with Crippen LogP contribution in [0.3, 0.4) is 0 Å². The lowest BCUT2D eigenvalue weighted by atomic mass is 10.0. The molecule has 0 amide bonds. The first-order valence-electron chi connectivity index (χ1n) is 4.64. The fraction of sp³-hybridized carbons (Fsp3) is 0.600. The molecule has 0 aromatic carbocycles. The maximum absolute atomic E-state index is 3.57. The molecule has 0 spiro atoms. The van der Waals surface area contributed by atoms with Crippen LogP contribution in [0.5, 0.6) is 0 Å². The van der Waals surface area contributed by atoms with E-state index in [1.807, 2.05) is 18.4 Å². The minimum absolute atomic E-state index is 0.764. The van der Waals surface area contributed by atoms with E-state index in [2.05, 4.69) is 39.6 Å². The molecule has 1 atom stereocenters. The van der Waals surface area contributed by atoms with Gasteiger partial charge in [-0.1, -0.05) is 13.3 Å². The number of hydrogen-bond acceptors (Lipinski definition) is 2. The Morgan fingerprint density at radius 2 is 2.38 bits per heavy atom. The number of hydrogen-bond donors (Lipinski definition) is 1. The lowest BCUT2D eigenvalue weighted by Crippen LogP contribution is -2.19. The van der Waals surface area contributed by atoms with Gasteiger partial charge in [-0.25, -0.2) is 0 Å². The van der Waals surface area contributed by atoms with E-state index in [9.17, 15) is 0 Å². The molecule has 0 fully saturated rings. The number of thiophene rings is 1. The number of halogens is 1. The second kappa shape index (κ2) is 5.78. The molecule has 0 bridgehead atoms. The summed E-state index contributed by atoms with van der Waals surface area (Å²) in [4.78, 5) is 1.47. The summed E-state index contributed by atoms with van der Waals surface area (Å²) in [7, 11) is 2.02. The molecule has 0 aliphatic carbocycles. The first-order valence-corrected chi connectivity index (χ1v) is 6.31.